The number of ether oxygens (including phenoxy) is 8. The Balaban J connectivity index is 1.03. The first-order valence-corrected chi connectivity index (χ1v) is 21.8. The molecule has 0 atom stereocenters. The Labute approximate surface area is 382 Å². The Morgan fingerprint density at radius 3 is 2.19 bits per heavy atom. The van der Waals surface area contributed by atoms with Gasteiger partial charge in [-0.2, -0.15) is 5.10 Å². The molecule has 0 unspecified atom stereocenters. The van der Waals surface area contributed by atoms with Crippen LogP contribution >= 0.6 is 23.2 Å². The first-order valence-electron chi connectivity index (χ1n) is 21.0. The third-order valence-corrected chi connectivity index (χ3v) is 10.4. The predicted molar refractivity (Wildman–Crippen MR) is 240 cm³/mol. The summed E-state index contributed by atoms with van der Waals surface area (Å²) in [5, 5.41) is 11.3. The topological polar surface area (TPSA) is 183 Å². The van der Waals surface area contributed by atoms with E-state index in [-0.39, 0.29) is 37.1 Å². The molecule has 3 amide bonds. The van der Waals surface area contributed by atoms with Crippen LogP contribution < -0.4 is 20.1 Å². The molecular weight excluding hydrogens is 871 g/mol. The number of carbonyl (C=O) groups excluding carboxylic acids is 3. The maximum Gasteiger partial charge on any atom is 0.407 e. The molecule has 0 aliphatic carbocycles. The Morgan fingerprint density at radius 2 is 1.53 bits per heavy atom. The van der Waals surface area contributed by atoms with Crippen molar-refractivity contribution in [2.24, 2.45) is 0 Å². The number of nitrogens with one attached hydrogen (secondary N) is 2. The number of amides is 3. The number of hydrogen-bond acceptors (Lipinski definition) is 13. The molecule has 346 valence electrons. The number of methoxy groups -OCH3 is 1. The number of alkyl carbamates (subject to hydrolysis) is 1. The van der Waals surface area contributed by atoms with Crippen molar-refractivity contribution in [3.8, 4) is 39.6 Å². The molecule has 4 heterocycles. The lowest BCUT2D eigenvalue weighted by atomic mass is 9.95. The molecule has 64 heavy (non-hydrogen) atoms. The lowest BCUT2D eigenvalue weighted by Gasteiger charge is -2.41. The summed E-state index contributed by atoms with van der Waals surface area (Å²) >= 11 is 13.0. The summed E-state index contributed by atoms with van der Waals surface area (Å²) in [6, 6.07) is 10.6. The van der Waals surface area contributed by atoms with E-state index in [1.54, 1.807) is 80.2 Å². The number of pyridine rings is 1. The highest BCUT2D eigenvalue weighted by atomic mass is 35.5. The number of fused-ring (bicyclic) bond motifs is 3. The highest BCUT2D eigenvalue weighted by molar-refractivity contribution is 6.34. The van der Waals surface area contributed by atoms with Gasteiger partial charge in [0.2, 0.25) is 5.91 Å². The van der Waals surface area contributed by atoms with Crippen LogP contribution in [0.3, 0.4) is 0 Å². The van der Waals surface area contributed by atoms with Crippen molar-refractivity contribution in [1.82, 2.24) is 25.0 Å². The molecule has 1 saturated heterocycles. The summed E-state index contributed by atoms with van der Waals surface area (Å²) in [5.74, 6) is 0.534. The van der Waals surface area contributed by atoms with Crippen molar-refractivity contribution in [3.63, 3.8) is 0 Å². The second-order valence-corrected chi connectivity index (χ2v) is 17.4. The van der Waals surface area contributed by atoms with Crippen LogP contribution in [-0.2, 0) is 39.8 Å². The number of morpholine rings is 1. The van der Waals surface area contributed by atoms with Crippen LogP contribution in [0, 0.1) is 0 Å². The standard InChI is InChI=1S/C45H56Cl2N6O11/c1-44(2,3)64-43(56)49-8-11-59-14-16-61-18-17-60-15-13-58-10-7-39(54)50-32-19-29(25-48-26-32)34-23-35-38(24-37(34)57-6)63-27-36-40(42(55)52-9-12-62-28-45(52,4)5)51-53(41(35)36)33-21-30(46)20-31(47)22-33/h19-26H,7-18,27-28H2,1-6H3,(H,49,56)(H,50,54). The lowest BCUT2D eigenvalue weighted by molar-refractivity contribution is -0.117. The van der Waals surface area contributed by atoms with Crippen LogP contribution in [0.1, 0.15) is 57.1 Å². The van der Waals surface area contributed by atoms with Gasteiger partial charge >= 0.3 is 6.09 Å². The molecule has 4 aromatic rings. The second-order valence-electron chi connectivity index (χ2n) is 16.5. The Morgan fingerprint density at radius 1 is 0.859 bits per heavy atom. The van der Waals surface area contributed by atoms with E-state index in [0.717, 1.165) is 0 Å². The minimum absolute atomic E-state index is 0.0805. The van der Waals surface area contributed by atoms with Crippen molar-refractivity contribution in [2.45, 2.75) is 58.8 Å². The fourth-order valence-electron chi connectivity index (χ4n) is 7.00. The SMILES string of the molecule is COc1cc2c(cc1-c1cncc(NC(=O)CCOCCOCCOCCOCCNC(=O)OC(C)(C)C)c1)-c1c(c(C(=O)N3CCOCC3(C)C)nn1-c1cc(Cl)cc(Cl)c1)CO2. The molecule has 0 saturated carbocycles. The molecule has 0 bridgehead atoms. The largest absolute Gasteiger partial charge is 0.496 e. The van der Waals surface area contributed by atoms with E-state index in [1.165, 1.54) is 0 Å². The van der Waals surface area contributed by atoms with Crippen LogP contribution in [0.4, 0.5) is 10.5 Å². The summed E-state index contributed by atoms with van der Waals surface area (Å²) in [4.78, 5) is 45.1. The van der Waals surface area contributed by atoms with Crippen LogP contribution in [0.2, 0.25) is 10.0 Å². The summed E-state index contributed by atoms with van der Waals surface area (Å²) in [5.41, 5.74) is 3.40. The molecule has 2 aromatic heterocycles. The van der Waals surface area contributed by atoms with Crippen LogP contribution in [0.15, 0.2) is 48.8 Å². The van der Waals surface area contributed by atoms with Crippen molar-refractivity contribution in [2.75, 3.05) is 91.6 Å². The fraction of sp³-hybridized carbons (Fsp3) is 0.489. The number of carbonyl (C=O) groups is 3. The molecule has 0 radical (unpaired) electrons. The summed E-state index contributed by atoms with van der Waals surface area (Å²) in [6.45, 7) is 13.7. The van der Waals surface area contributed by atoms with E-state index in [0.29, 0.717) is 133 Å². The second kappa shape index (κ2) is 22.3. The number of halogens is 2. The zero-order valence-electron chi connectivity index (χ0n) is 37.1. The number of rotatable bonds is 20. The first-order chi connectivity index (χ1) is 30.6. The first kappa shape index (κ1) is 48.4. The van der Waals surface area contributed by atoms with Gasteiger partial charge in [0, 0.05) is 57.7 Å². The smallest absolute Gasteiger partial charge is 0.407 e. The summed E-state index contributed by atoms with van der Waals surface area (Å²) < 4.78 is 46.8. The fourth-order valence-corrected chi connectivity index (χ4v) is 7.52. The van der Waals surface area contributed by atoms with E-state index >= 15 is 0 Å². The molecule has 2 N–H and O–H groups in total. The summed E-state index contributed by atoms with van der Waals surface area (Å²) in [7, 11) is 1.56. The lowest BCUT2D eigenvalue weighted by Crippen LogP contribution is -2.55. The highest BCUT2D eigenvalue weighted by Gasteiger charge is 2.39. The van der Waals surface area contributed by atoms with Crippen molar-refractivity contribution in [3.05, 3.63) is 70.1 Å². The monoisotopic (exact) mass is 926 g/mol. The molecule has 19 heteroatoms. The highest BCUT2D eigenvalue weighted by Crippen LogP contribution is 2.46. The minimum Gasteiger partial charge on any atom is -0.496 e. The van der Waals surface area contributed by atoms with Crippen molar-refractivity contribution in [1.29, 1.82) is 0 Å². The van der Waals surface area contributed by atoms with Crippen molar-refractivity contribution >= 4 is 46.8 Å². The Kier molecular flexibility index (Phi) is 16.8. The number of hydrogen-bond donors (Lipinski definition) is 2. The number of nitrogens with zero attached hydrogens (tertiary/aromatic N) is 4. The molecule has 2 aliphatic rings. The maximum atomic E-state index is 14.3. The quantitative estimate of drug-likeness (QED) is 0.0867. The van der Waals surface area contributed by atoms with E-state index in [2.05, 4.69) is 15.6 Å². The molecule has 17 nitrogen and oxygen atoms in total. The minimum atomic E-state index is -0.559. The van der Waals surface area contributed by atoms with Gasteiger partial charge in [0.1, 0.15) is 23.7 Å². The van der Waals surface area contributed by atoms with E-state index in [9.17, 15) is 14.4 Å². The van der Waals surface area contributed by atoms with Gasteiger partial charge in [0.15, 0.2) is 5.69 Å². The van der Waals surface area contributed by atoms with Crippen molar-refractivity contribution < 1.29 is 52.3 Å². The van der Waals surface area contributed by atoms with Crippen LogP contribution in [0.5, 0.6) is 11.5 Å². The van der Waals surface area contributed by atoms with E-state index in [1.807, 2.05) is 19.9 Å². The molecule has 1 fully saturated rings. The average molecular weight is 928 g/mol. The number of anilines is 1. The predicted octanol–water partition coefficient (Wildman–Crippen LogP) is 6.98. The van der Waals surface area contributed by atoms with Gasteiger partial charge in [-0.3, -0.25) is 14.6 Å². The zero-order chi connectivity index (χ0) is 45.9. The van der Waals surface area contributed by atoms with E-state index in [4.69, 9.17) is 66.2 Å². The number of aromatic nitrogens is 3. The molecular formula is C45H56Cl2N6O11. The van der Waals surface area contributed by atoms with Gasteiger partial charge in [0.05, 0.1) is 108 Å². The number of benzene rings is 2. The van der Waals surface area contributed by atoms with Gasteiger partial charge in [0.25, 0.3) is 5.91 Å². The van der Waals surface area contributed by atoms with Gasteiger partial charge in [-0.05, 0) is 65.0 Å². The molecule has 2 aromatic carbocycles. The molecule has 6 rings (SSSR count). The van der Waals surface area contributed by atoms with Gasteiger partial charge in [-0.1, -0.05) is 23.2 Å². The average Bonchev–Trinajstić information content (AvgIpc) is 3.64. The van der Waals surface area contributed by atoms with E-state index < -0.39 is 17.2 Å². The molecule has 0 spiro atoms. The molecule has 2 aliphatic heterocycles. The Bertz CT molecular complexity index is 2240. The third-order valence-electron chi connectivity index (χ3n) is 9.93. The van der Waals surface area contributed by atoms with Crippen LogP contribution in [-0.4, -0.2) is 135 Å². The summed E-state index contributed by atoms with van der Waals surface area (Å²) in [6.07, 6.45) is 2.86. The maximum absolute atomic E-state index is 14.3. The van der Waals surface area contributed by atoms with Gasteiger partial charge in [-0.15, -0.1) is 0 Å². The van der Waals surface area contributed by atoms with Gasteiger partial charge in [-0.25, -0.2) is 9.48 Å². The zero-order valence-corrected chi connectivity index (χ0v) is 38.6. The Hall–Kier alpha value is -5.01. The van der Waals surface area contributed by atoms with Gasteiger partial charge < -0.3 is 53.4 Å². The normalized spacial score (nSPS) is 14.3. The van der Waals surface area contributed by atoms with Crippen LogP contribution in [0.25, 0.3) is 28.1 Å². The third kappa shape index (κ3) is 13.1.